The average Bonchev–Trinajstić information content (AvgIpc) is 3.18. The zero-order valence-corrected chi connectivity index (χ0v) is 11.9. The van der Waals surface area contributed by atoms with E-state index in [1.165, 1.54) is 6.07 Å². The van der Waals surface area contributed by atoms with Crippen LogP contribution in [0.2, 0.25) is 0 Å². The van der Waals surface area contributed by atoms with Gasteiger partial charge < -0.3 is 9.73 Å². The lowest BCUT2D eigenvalue weighted by atomic mass is 10.1. The number of H-pyrrole nitrogens is 1. The van der Waals surface area contributed by atoms with Gasteiger partial charge in [-0.15, -0.1) is 0 Å². The number of aromatic amines is 1. The first-order valence-corrected chi connectivity index (χ1v) is 6.76. The molecule has 0 aliphatic rings. The van der Waals surface area contributed by atoms with Gasteiger partial charge in [0.2, 0.25) is 0 Å². The van der Waals surface area contributed by atoms with Crippen LogP contribution in [0.25, 0.3) is 11.5 Å². The summed E-state index contributed by atoms with van der Waals surface area (Å²) in [4.78, 5) is 12.1. The van der Waals surface area contributed by atoms with Crippen LogP contribution in [0.15, 0.2) is 47.1 Å². The van der Waals surface area contributed by atoms with Crippen LogP contribution < -0.4 is 5.32 Å². The normalized spacial score (nSPS) is 10.6. The molecule has 0 unspecified atom stereocenters. The van der Waals surface area contributed by atoms with Gasteiger partial charge in [-0.25, -0.2) is 4.39 Å². The second-order valence-corrected chi connectivity index (χ2v) is 4.91. The minimum atomic E-state index is -0.309. The van der Waals surface area contributed by atoms with Crippen LogP contribution in [0, 0.1) is 12.7 Å². The fourth-order valence-electron chi connectivity index (χ4n) is 2.09. The van der Waals surface area contributed by atoms with Crippen LogP contribution in [-0.2, 0) is 6.54 Å². The van der Waals surface area contributed by atoms with E-state index in [-0.39, 0.29) is 17.4 Å². The van der Waals surface area contributed by atoms with E-state index in [4.69, 9.17) is 4.42 Å². The Hall–Kier alpha value is -2.89. The SMILES string of the molecule is Cc1cc(CNC(=O)c2cc(-c3ccco3)[nH]n2)ccc1F. The van der Waals surface area contributed by atoms with Crippen molar-refractivity contribution in [3.63, 3.8) is 0 Å². The van der Waals surface area contributed by atoms with Crippen molar-refractivity contribution in [3.05, 3.63) is 65.3 Å². The highest BCUT2D eigenvalue weighted by Crippen LogP contribution is 2.17. The third kappa shape index (κ3) is 2.90. The van der Waals surface area contributed by atoms with E-state index in [2.05, 4.69) is 15.5 Å². The Bertz CT molecular complexity index is 794. The van der Waals surface area contributed by atoms with Gasteiger partial charge in [0.05, 0.1) is 6.26 Å². The van der Waals surface area contributed by atoms with E-state index in [0.29, 0.717) is 23.6 Å². The molecule has 5 nitrogen and oxygen atoms in total. The van der Waals surface area contributed by atoms with Crippen LogP contribution in [0.1, 0.15) is 21.6 Å². The van der Waals surface area contributed by atoms with Crippen molar-refractivity contribution in [2.45, 2.75) is 13.5 Å². The summed E-state index contributed by atoms with van der Waals surface area (Å²) in [6.07, 6.45) is 1.55. The molecule has 0 fully saturated rings. The fourth-order valence-corrected chi connectivity index (χ4v) is 2.09. The Kier molecular flexibility index (Phi) is 3.74. The number of aryl methyl sites for hydroxylation is 1. The van der Waals surface area contributed by atoms with Gasteiger partial charge in [-0.05, 0) is 36.2 Å². The smallest absolute Gasteiger partial charge is 0.272 e. The molecule has 1 aromatic carbocycles. The number of amides is 1. The Labute approximate surface area is 126 Å². The molecule has 3 rings (SSSR count). The maximum absolute atomic E-state index is 13.2. The number of hydrogen-bond donors (Lipinski definition) is 2. The van der Waals surface area contributed by atoms with Crippen molar-refractivity contribution < 1.29 is 13.6 Å². The third-order valence-corrected chi connectivity index (χ3v) is 3.27. The molecule has 6 heteroatoms. The number of nitrogens with one attached hydrogen (secondary N) is 2. The molecule has 22 heavy (non-hydrogen) atoms. The first kappa shape index (κ1) is 14.1. The zero-order valence-electron chi connectivity index (χ0n) is 11.9. The molecular formula is C16H14FN3O2. The summed E-state index contributed by atoms with van der Waals surface area (Å²) < 4.78 is 18.4. The van der Waals surface area contributed by atoms with Crippen LogP contribution in [-0.4, -0.2) is 16.1 Å². The van der Waals surface area contributed by atoms with Crippen LogP contribution in [0.5, 0.6) is 0 Å². The lowest BCUT2D eigenvalue weighted by Crippen LogP contribution is -2.23. The summed E-state index contributed by atoms with van der Waals surface area (Å²) in [6.45, 7) is 1.99. The van der Waals surface area contributed by atoms with E-state index >= 15 is 0 Å². The van der Waals surface area contributed by atoms with Crippen molar-refractivity contribution in [3.8, 4) is 11.5 Å². The van der Waals surface area contributed by atoms with Crippen LogP contribution in [0.3, 0.4) is 0 Å². The molecule has 2 aromatic heterocycles. The van der Waals surface area contributed by atoms with Crippen molar-refractivity contribution in [1.29, 1.82) is 0 Å². The van der Waals surface area contributed by atoms with Crippen molar-refractivity contribution in [2.75, 3.05) is 0 Å². The molecule has 0 aliphatic carbocycles. The second-order valence-electron chi connectivity index (χ2n) is 4.91. The molecule has 0 saturated carbocycles. The van der Waals surface area contributed by atoms with E-state index in [0.717, 1.165) is 5.56 Å². The summed E-state index contributed by atoms with van der Waals surface area (Å²) >= 11 is 0. The number of carbonyl (C=O) groups excluding carboxylic acids is 1. The first-order chi connectivity index (χ1) is 10.6. The topological polar surface area (TPSA) is 70.9 Å². The summed E-state index contributed by atoms with van der Waals surface area (Å²) in [5.41, 5.74) is 2.28. The number of rotatable bonds is 4. The third-order valence-electron chi connectivity index (χ3n) is 3.27. The molecule has 0 bridgehead atoms. The van der Waals surface area contributed by atoms with E-state index in [1.54, 1.807) is 43.5 Å². The van der Waals surface area contributed by atoms with Crippen molar-refractivity contribution >= 4 is 5.91 Å². The molecule has 0 spiro atoms. The monoisotopic (exact) mass is 299 g/mol. The number of carbonyl (C=O) groups is 1. The predicted octanol–water partition coefficient (Wildman–Crippen LogP) is 3.05. The Balaban J connectivity index is 1.66. The van der Waals surface area contributed by atoms with Gasteiger partial charge >= 0.3 is 0 Å². The predicted molar refractivity (Wildman–Crippen MR) is 78.6 cm³/mol. The first-order valence-electron chi connectivity index (χ1n) is 6.76. The maximum Gasteiger partial charge on any atom is 0.272 e. The molecule has 1 amide bonds. The average molecular weight is 299 g/mol. The summed E-state index contributed by atoms with van der Waals surface area (Å²) in [6, 6.07) is 9.88. The summed E-state index contributed by atoms with van der Waals surface area (Å²) in [7, 11) is 0. The van der Waals surface area contributed by atoms with Gasteiger partial charge in [0, 0.05) is 12.6 Å². The second kappa shape index (κ2) is 5.85. The summed E-state index contributed by atoms with van der Waals surface area (Å²) in [5, 5.41) is 9.45. The van der Waals surface area contributed by atoms with Gasteiger partial charge in [-0.2, -0.15) is 5.10 Å². The number of halogens is 1. The Morgan fingerprint density at radius 3 is 2.95 bits per heavy atom. The number of aromatic nitrogens is 2. The van der Waals surface area contributed by atoms with Gasteiger partial charge in [0.1, 0.15) is 11.5 Å². The molecular weight excluding hydrogens is 285 g/mol. The summed E-state index contributed by atoms with van der Waals surface area (Å²) in [5.74, 6) is 0.0437. The largest absolute Gasteiger partial charge is 0.463 e. The highest BCUT2D eigenvalue weighted by atomic mass is 19.1. The molecule has 3 aromatic rings. The number of benzene rings is 1. The molecule has 0 atom stereocenters. The van der Waals surface area contributed by atoms with E-state index < -0.39 is 0 Å². The zero-order chi connectivity index (χ0) is 15.5. The van der Waals surface area contributed by atoms with E-state index in [1.807, 2.05) is 0 Å². The van der Waals surface area contributed by atoms with Crippen LogP contribution in [0.4, 0.5) is 4.39 Å². The standard InChI is InChI=1S/C16H14FN3O2/c1-10-7-11(4-5-12(10)17)9-18-16(21)14-8-13(19-20-14)15-3-2-6-22-15/h2-8H,9H2,1H3,(H,18,21)(H,19,20). The lowest BCUT2D eigenvalue weighted by Gasteiger charge is -2.05. The Morgan fingerprint density at radius 1 is 1.36 bits per heavy atom. The molecule has 2 N–H and O–H groups in total. The van der Waals surface area contributed by atoms with Crippen molar-refractivity contribution in [2.24, 2.45) is 0 Å². The minimum absolute atomic E-state index is 0.259. The van der Waals surface area contributed by atoms with Gasteiger partial charge in [0.15, 0.2) is 11.5 Å². The van der Waals surface area contributed by atoms with Gasteiger partial charge in [0.25, 0.3) is 5.91 Å². The maximum atomic E-state index is 13.2. The van der Waals surface area contributed by atoms with Crippen molar-refractivity contribution in [1.82, 2.24) is 15.5 Å². The Morgan fingerprint density at radius 2 is 2.23 bits per heavy atom. The lowest BCUT2D eigenvalue weighted by molar-refractivity contribution is 0.0946. The highest BCUT2D eigenvalue weighted by Gasteiger charge is 2.12. The number of furan rings is 1. The molecule has 2 heterocycles. The molecule has 0 radical (unpaired) electrons. The minimum Gasteiger partial charge on any atom is -0.463 e. The molecule has 0 aliphatic heterocycles. The van der Waals surface area contributed by atoms with Gasteiger partial charge in [-0.3, -0.25) is 9.89 Å². The fraction of sp³-hybridized carbons (Fsp3) is 0.125. The van der Waals surface area contributed by atoms with E-state index in [9.17, 15) is 9.18 Å². The van der Waals surface area contributed by atoms with Gasteiger partial charge in [-0.1, -0.05) is 12.1 Å². The number of hydrogen-bond acceptors (Lipinski definition) is 3. The quantitative estimate of drug-likeness (QED) is 0.778. The molecule has 0 saturated heterocycles. The molecule has 112 valence electrons. The van der Waals surface area contributed by atoms with Crippen LogP contribution >= 0.6 is 0 Å². The number of nitrogens with zero attached hydrogens (tertiary/aromatic N) is 1. The highest BCUT2D eigenvalue weighted by molar-refractivity contribution is 5.93.